The van der Waals surface area contributed by atoms with Crippen LogP contribution < -0.4 is 0 Å². The number of carbonyl (C=O) groups is 1. The molecule has 2 saturated heterocycles. The number of esters is 1. The lowest BCUT2D eigenvalue weighted by Gasteiger charge is -2.19. The third kappa shape index (κ3) is 1.22. The van der Waals surface area contributed by atoms with Crippen molar-refractivity contribution in [1.29, 1.82) is 0 Å². The van der Waals surface area contributed by atoms with Crippen LogP contribution in [-0.2, 0) is 9.53 Å². The highest BCUT2D eigenvalue weighted by Crippen LogP contribution is 2.33. The van der Waals surface area contributed by atoms with Crippen LogP contribution in [0.25, 0.3) is 0 Å². The maximum Gasteiger partial charge on any atom is 0.310 e. The second-order valence-corrected chi connectivity index (χ2v) is 3.67. The largest absolute Gasteiger partial charge is 0.466 e. The molecule has 0 spiro atoms. The molecule has 68 valence electrons. The minimum absolute atomic E-state index is 0.0182. The highest BCUT2D eigenvalue weighted by molar-refractivity contribution is 5.73. The summed E-state index contributed by atoms with van der Waals surface area (Å²) in [5.74, 6) is 0.785. The van der Waals surface area contributed by atoms with Crippen LogP contribution in [0.4, 0.5) is 0 Å². The van der Waals surface area contributed by atoms with Gasteiger partial charge >= 0.3 is 5.97 Å². The van der Waals surface area contributed by atoms with E-state index in [1.54, 1.807) is 0 Å². The quantitative estimate of drug-likeness (QED) is 0.564. The van der Waals surface area contributed by atoms with Gasteiger partial charge in [0.25, 0.3) is 0 Å². The predicted octanol–water partition coefficient (Wildman–Crippen LogP) is 0.501. The molecular formula is C9H15NO2. The molecule has 0 aromatic heterocycles. The van der Waals surface area contributed by atoms with Gasteiger partial charge in [0.1, 0.15) is 0 Å². The van der Waals surface area contributed by atoms with Gasteiger partial charge < -0.3 is 9.64 Å². The summed E-state index contributed by atoms with van der Waals surface area (Å²) in [5, 5.41) is 0. The van der Waals surface area contributed by atoms with Crippen molar-refractivity contribution in [2.45, 2.75) is 13.3 Å². The van der Waals surface area contributed by atoms with E-state index >= 15 is 0 Å². The Hall–Kier alpha value is -0.570. The molecule has 3 heteroatoms. The molecule has 0 aromatic rings. The van der Waals surface area contributed by atoms with Crippen LogP contribution in [-0.4, -0.2) is 37.1 Å². The van der Waals surface area contributed by atoms with Crippen molar-refractivity contribution in [3.05, 3.63) is 0 Å². The number of hydrogen-bond donors (Lipinski definition) is 0. The molecule has 0 N–H and O–H groups in total. The lowest BCUT2D eigenvalue weighted by atomic mass is 9.93. The van der Waals surface area contributed by atoms with Crippen molar-refractivity contribution in [3.63, 3.8) is 0 Å². The molecule has 0 aliphatic carbocycles. The van der Waals surface area contributed by atoms with Gasteiger partial charge in [-0.3, -0.25) is 4.79 Å². The monoisotopic (exact) mass is 169 g/mol. The molecule has 0 radical (unpaired) electrons. The Morgan fingerprint density at radius 2 is 2.42 bits per heavy atom. The minimum Gasteiger partial charge on any atom is -0.466 e. The van der Waals surface area contributed by atoms with Gasteiger partial charge in [-0.1, -0.05) is 0 Å². The van der Waals surface area contributed by atoms with E-state index in [0.717, 1.165) is 13.1 Å². The molecule has 2 fully saturated rings. The van der Waals surface area contributed by atoms with Crippen molar-refractivity contribution in [2.24, 2.45) is 11.8 Å². The summed E-state index contributed by atoms with van der Waals surface area (Å²) < 4.78 is 5.01. The standard InChI is InChI=1S/C9H15NO2/c1-2-12-9(11)8-6-10-4-3-7(8)5-10/h7-8H,2-6H2,1H3/t7-,8+/m1/s1. The van der Waals surface area contributed by atoms with Gasteiger partial charge in [0, 0.05) is 13.1 Å². The number of ether oxygens (including phenoxy) is 1. The number of piperidine rings is 1. The number of rotatable bonds is 2. The Morgan fingerprint density at radius 1 is 1.58 bits per heavy atom. The van der Waals surface area contributed by atoms with E-state index in [1.165, 1.54) is 13.0 Å². The van der Waals surface area contributed by atoms with E-state index in [4.69, 9.17) is 4.74 Å². The van der Waals surface area contributed by atoms with Crippen LogP contribution in [0.3, 0.4) is 0 Å². The second-order valence-electron chi connectivity index (χ2n) is 3.67. The highest BCUT2D eigenvalue weighted by Gasteiger charge is 2.42. The highest BCUT2D eigenvalue weighted by atomic mass is 16.5. The Labute approximate surface area is 72.7 Å². The fourth-order valence-corrected chi connectivity index (χ4v) is 2.30. The zero-order valence-corrected chi connectivity index (χ0v) is 7.45. The Balaban J connectivity index is 1.93. The zero-order chi connectivity index (χ0) is 8.55. The van der Waals surface area contributed by atoms with Crippen molar-refractivity contribution in [2.75, 3.05) is 26.2 Å². The average Bonchev–Trinajstić information content (AvgIpc) is 2.64. The summed E-state index contributed by atoms with van der Waals surface area (Å²) in [4.78, 5) is 13.7. The molecule has 12 heavy (non-hydrogen) atoms. The molecule has 2 bridgehead atoms. The first kappa shape index (κ1) is 8.05. The summed E-state index contributed by atoms with van der Waals surface area (Å²) in [6.07, 6.45) is 1.18. The molecule has 0 amide bonds. The van der Waals surface area contributed by atoms with Crippen molar-refractivity contribution >= 4 is 5.97 Å². The van der Waals surface area contributed by atoms with E-state index in [-0.39, 0.29) is 11.9 Å². The summed E-state index contributed by atoms with van der Waals surface area (Å²) >= 11 is 0. The van der Waals surface area contributed by atoms with E-state index in [1.807, 2.05) is 6.92 Å². The minimum atomic E-state index is 0.0182. The summed E-state index contributed by atoms with van der Waals surface area (Å²) in [6, 6.07) is 0. The molecule has 1 unspecified atom stereocenters. The van der Waals surface area contributed by atoms with E-state index in [0.29, 0.717) is 12.5 Å². The van der Waals surface area contributed by atoms with Crippen LogP contribution in [0.2, 0.25) is 0 Å². The Bertz CT molecular complexity index is 193. The first-order valence-electron chi connectivity index (χ1n) is 4.70. The first-order chi connectivity index (χ1) is 5.81. The van der Waals surface area contributed by atoms with Gasteiger partial charge in [-0.25, -0.2) is 0 Å². The van der Waals surface area contributed by atoms with Gasteiger partial charge in [-0.15, -0.1) is 0 Å². The third-order valence-corrected chi connectivity index (χ3v) is 2.92. The fourth-order valence-electron chi connectivity index (χ4n) is 2.30. The zero-order valence-electron chi connectivity index (χ0n) is 7.45. The summed E-state index contributed by atoms with van der Waals surface area (Å²) in [5.41, 5.74) is 0. The molecule has 0 saturated carbocycles. The van der Waals surface area contributed by atoms with Crippen LogP contribution in [0, 0.1) is 11.8 Å². The third-order valence-electron chi connectivity index (χ3n) is 2.92. The first-order valence-corrected chi connectivity index (χ1v) is 4.70. The average molecular weight is 169 g/mol. The predicted molar refractivity (Wildman–Crippen MR) is 44.7 cm³/mol. The number of nitrogens with zero attached hydrogens (tertiary/aromatic N) is 1. The number of fused-ring (bicyclic) bond motifs is 2. The maximum absolute atomic E-state index is 11.4. The van der Waals surface area contributed by atoms with E-state index in [2.05, 4.69) is 4.90 Å². The normalized spacial score (nSPS) is 38.6. The Kier molecular flexibility index (Phi) is 2.05. The maximum atomic E-state index is 11.4. The van der Waals surface area contributed by atoms with Crippen LogP contribution >= 0.6 is 0 Å². The summed E-state index contributed by atoms with van der Waals surface area (Å²) in [6.45, 7) is 5.61. The molecule has 3 nitrogen and oxygen atoms in total. The Morgan fingerprint density at radius 3 is 2.92 bits per heavy atom. The number of carbonyl (C=O) groups excluding carboxylic acids is 1. The van der Waals surface area contributed by atoms with Gasteiger partial charge in [-0.2, -0.15) is 0 Å². The summed E-state index contributed by atoms with van der Waals surface area (Å²) in [7, 11) is 0. The van der Waals surface area contributed by atoms with Gasteiger partial charge in [0.15, 0.2) is 0 Å². The molecule has 2 heterocycles. The van der Waals surface area contributed by atoms with Crippen LogP contribution in [0.5, 0.6) is 0 Å². The molecule has 2 aliphatic rings. The van der Waals surface area contributed by atoms with Crippen molar-refractivity contribution in [1.82, 2.24) is 4.90 Å². The SMILES string of the molecule is CCOC(=O)[C@H]1CN2CC[C@@H]1C2. The molecular weight excluding hydrogens is 154 g/mol. The molecule has 3 atom stereocenters. The van der Waals surface area contributed by atoms with E-state index < -0.39 is 0 Å². The van der Waals surface area contributed by atoms with Crippen LogP contribution in [0.15, 0.2) is 0 Å². The fraction of sp³-hybridized carbons (Fsp3) is 0.889. The van der Waals surface area contributed by atoms with Crippen molar-refractivity contribution < 1.29 is 9.53 Å². The number of hydrogen-bond acceptors (Lipinski definition) is 3. The lowest BCUT2D eigenvalue weighted by Crippen LogP contribution is -2.30. The smallest absolute Gasteiger partial charge is 0.310 e. The van der Waals surface area contributed by atoms with Crippen molar-refractivity contribution in [3.8, 4) is 0 Å². The second kappa shape index (κ2) is 3.05. The molecule has 2 aliphatic heterocycles. The molecule has 0 aromatic carbocycles. The topological polar surface area (TPSA) is 29.5 Å². The van der Waals surface area contributed by atoms with Gasteiger partial charge in [-0.05, 0) is 25.8 Å². The molecule has 2 rings (SSSR count). The van der Waals surface area contributed by atoms with Gasteiger partial charge in [0.2, 0.25) is 0 Å². The lowest BCUT2D eigenvalue weighted by molar-refractivity contribution is -0.149. The van der Waals surface area contributed by atoms with E-state index in [9.17, 15) is 4.79 Å². The van der Waals surface area contributed by atoms with Crippen LogP contribution in [0.1, 0.15) is 13.3 Å². The van der Waals surface area contributed by atoms with Gasteiger partial charge in [0.05, 0.1) is 12.5 Å².